The van der Waals surface area contributed by atoms with Gasteiger partial charge in [-0.2, -0.15) is 0 Å². The van der Waals surface area contributed by atoms with E-state index in [4.69, 9.17) is 0 Å². The predicted octanol–water partition coefficient (Wildman–Crippen LogP) is 2.20. The maximum atomic E-state index is 12.2. The first-order valence-corrected chi connectivity index (χ1v) is 6.70. The zero-order valence-corrected chi connectivity index (χ0v) is 11.1. The topological polar surface area (TPSA) is 57.6 Å². The normalized spacial score (nSPS) is 30.8. The number of carboxylic acids is 1. The molecule has 0 unspecified atom stereocenters. The summed E-state index contributed by atoms with van der Waals surface area (Å²) in [6, 6.07) is -0.482. The number of carbonyl (C=O) groups excluding carboxylic acids is 1. The number of fused-ring (bicyclic) bond motifs is 1. The van der Waals surface area contributed by atoms with Crippen molar-refractivity contribution in [2.75, 3.05) is 0 Å². The summed E-state index contributed by atoms with van der Waals surface area (Å²) in [6.45, 7) is 3.73. The van der Waals surface area contributed by atoms with E-state index >= 15 is 0 Å². The van der Waals surface area contributed by atoms with Gasteiger partial charge in [-0.3, -0.25) is 4.79 Å². The van der Waals surface area contributed by atoms with Crippen LogP contribution in [0.25, 0.3) is 0 Å². The summed E-state index contributed by atoms with van der Waals surface area (Å²) in [4.78, 5) is 25.2. The second-order valence-electron chi connectivity index (χ2n) is 5.67. The summed E-state index contributed by atoms with van der Waals surface area (Å²) in [5.41, 5.74) is 0.920. The monoisotopic (exact) mass is 251 g/mol. The summed E-state index contributed by atoms with van der Waals surface area (Å²) in [7, 11) is 0. The molecule has 1 N–H and O–H groups in total. The van der Waals surface area contributed by atoms with Crippen LogP contribution < -0.4 is 0 Å². The number of aliphatic carboxylic acids is 1. The molecule has 2 rings (SSSR count). The van der Waals surface area contributed by atoms with Crippen molar-refractivity contribution in [3.05, 3.63) is 11.6 Å². The SMILES string of the molecule is CC(C)=CC(=O)N1[C@H](C(=O)O)C[C@@H]2CCCC[C@@H]21. The number of amides is 1. The number of rotatable bonds is 2. The van der Waals surface area contributed by atoms with Crippen LogP contribution in [-0.2, 0) is 9.59 Å². The van der Waals surface area contributed by atoms with Crippen molar-refractivity contribution >= 4 is 11.9 Å². The number of likely N-dealkylation sites (tertiary alicyclic amines) is 1. The van der Waals surface area contributed by atoms with Crippen LogP contribution in [0.4, 0.5) is 0 Å². The third-order valence-electron chi connectivity index (χ3n) is 4.04. The molecule has 4 nitrogen and oxygen atoms in total. The molecule has 0 radical (unpaired) electrons. The number of hydrogen-bond acceptors (Lipinski definition) is 2. The maximum absolute atomic E-state index is 12.2. The Morgan fingerprint density at radius 2 is 1.89 bits per heavy atom. The highest BCUT2D eigenvalue weighted by atomic mass is 16.4. The molecule has 4 heteroatoms. The van der Waals surface area contributed by atoms with Crippen molar-refractivity contribution < 1.29 is 14.7 Å². The lowest BCUT2D eigenvalue weighted by molar-refractivity contribution is -0.148. The Bertz CT molecular complexity index is 385. The Morgan fingerprint density at radius 3 is 2.50 bits per heavy atom. The molecular formula is C14H21NO3. The molecule has 3 atom stereocenters. The highest BCUT2D eigenvalue weighted by Gasteiger charge is 2.46. The van der Waals surface area contributed by atoms with E-state index in [1.54, 1.807) is 11.0 Å². The van der Waals surface area contributed by atoms with Crippen LogP contribution in [-0.4, -0.2) is 34.0 Å². The number of carbonyl (C=O) groups is 2. The highest BCUT2D eigenvalue weighted by Crippen LogP contribution is 2.39. The molecular weight excluding hydrogens is 230 g/mol. The van der Waals surface area contributed by atoms with Crippen LogP contribution in [0.3, 0.4) is 0 Å². The number of nitrogens with zero attached hydrogens (tertiary/aromatic N) is 1. The molecule has 0 spiro atoms. The Morgan fingerprint density at radius 1 is 1.22 bits per heavy atom. The second kappa shape index (κ2) is 5.12. The average molecular weight is 251 g/mol. The predicted molar refractivity (Wildman–Crippen MR) is 68.1 cm³/mol. The van der Waals surface area contributed by atoms with Crippen LogP contribution in [0.5, 0.6) is 0 Å². The number of hydrogen-bond donors (Lipinski definition) is 1. The minimum atomic E-state index is -0.861. The molecule has 100 valence electrons. The Balaban J connectivity index is 2.24. The van der Waals surface area contributed by atoms with E-state index in [0.717, 1.165) is 31.3 Å². The summed E-state index contributed by atoms with van der Waals surface area (Å²) < 4.78 is 0. The molecule has 1 saturated heterocycles. The molecule has 0 aromatic heterocycles. The second-order valence-corrected chi connectivity index (χ2v) is 5.67. The van der Waals surface area contributed by atoms with E-state index in [-0.39, 0.29) is 11.9 Å². The third-order valence-corrected chi connectivity index (χ3v) is 4.04. The molecule has 2 aliphatic rings. The van der Waals surface area contributed by atoms with Gasteiger partial charge in [0.2, 0.25) is 5.91 Å². The average Bonchev–Trinajstić information content (AvgIpc) is 2.67. The van der Waals surface area contributed by atoms with Gasteiger partial charge in [0, 0.05) is 12.1 Å². The highest BCUT2D eigenvalue weighted by molar-refractivity contribution is 5.92. The van der Waals surface area contributed by atoms with Crippen molar-refractivity contribution in [2.45, 2.75) is 58.0 Å². The van der Waals surface area contributed by atoms with Gasteiger partial charge in [-0.25, -0.2) is 4.79 Å². The standard InChI is InChI=1S/C14H21NO3/c1-9(2)7-13(16)15-11-6-4-3-5-10(11)8-12(15)14(17)18/h7,10-12H,3-6,8H2,1-2H3,(H,17,18)/t10-,11-,12-/m0/s1. The van der Waals surface area contributed by atoms with Gasteiger partial charge in [-0.05, 0) is 39.0 Å². The molecule has 1 aliphatic carbocycles. The van der Waals surface area contributed by atoms with Crippen LogP contribution in [0.2, 0.25) is 0 Å². The largest absolute Gasteiger partial charge is 0.480 e. The number of allylic oxidation sites excluding steroid dienone is 1. The molecule has 1 amide bonds. The van der Waals surface area contributed by atoms with Gasteiger partial charge in [0.25, 0.3) is 0 Å². The quantitative estimate of drug-likeness (QED) is 0.765. The van der Waals surface area contributed by atoms with Gasteiger partial charge < -0.3 is 10.0 Å². The summed E-state index contributed by atoms with van der Waals surface area (Å²) in [5.74, 6) is -0.605. The lowest BCUT2D eigenvalue weighted by Crippen LogP contribution is -2.45. The van der Waals surface area contributed by atoms with Gasteiger partial charge >= 0.3 is 5.97 Å². The van der Waals surface area contributed by atoms with Gasteiger partial charge in [0.1, 0.15) is 6.04 Å². The third kappa shape index (κ3) is 2.42. The van der Waals surface area contributed by atoms with Gasteiger partial charge in [0.15, 0.2) is 0 Å². The Labute approximate surface area is 108 Å². The first-order valence-electron chi connectivity index (χ1n) is 6.70. The van der Waals surface area contributed by atoms with Crippen molar-refractivity contribution in [2.24, 2.45) is 5.92 Å². The van der Waals surface area contributed by atoms with E-state index in [1.807, 2.05) is 13.8 Å². The maximum Gasteiger partial charge on any atom is 0.326 e. The smallest absolute Gasteiger partial charge is 0.326 e. The van der Waals surface area contributed by atoms with E-state index in [9.17, 15) is 14.7 Å². The Hall–Kier alpha value is -1.32. The lowest BCUT2D eigenvalue weighted by Gasteiger charge is -2.32. The van der Waals surface area contributed by atoms with Crippen LogP contribution >= 0.6 is 0 Å². The van der Waals surface area contributed by atoms with Crippen LogP contribution in [0.1, 0.15) is 46.0 Å². The van der Waals surface area contributed by atoms with Crippen LogP contribution in [0, 0.1) is 5.92 Å². The first-order chi connectivity index (χ1) is 8.50. The van der Waals surface area contributed by atoms with Crippen molar-refractivity contribution in [3.8, 4) is 0 Å². The fraction of sp³-hybridized carbons (Fsp3) is 0.714. The molecule has 0 aromatic carbocycles. The summed E-state index contributed by atoms with van der Waals surface area (Å²) >= 11 is 0. The molecule has 0 aromatic rings. The van der Waals surface area contributed by atoms with Gasteiger partial charge in [-0.1, -0.05) is 18.4 Å². The van der Waals surface area contributed by atoms with E-state index < -0.39 is 12.0 Å². The molecule has 1 aliphatic heterocycles. The number of carboxylic acid groups (broad SMARTS) is 1. The minimum Gasteiger partial charge on any atom is -0.480 e. The van der Waals surface area contributed by atoms with Crippen molar-refractivity contribution in [1.29, 1.82) is 0 Å². The summed E-state index contributed by atoms with van der Waals surface area (Å²) in [5, 5.41) is 9.30. The van der Waals surface area contributed by atoms with Crippen molar-refractivity contribution in [3.63, 3.8) is 0 Å². The fourth-order valence-corrected chi connectivity index (χ4v) is 3.32. The molecule has 0 bridgehead atoms. The summed E-state index contributed by atoms with van der Waals surface area (Å²) in [6.07, 6.45) is 6.48. The Kier molecular flexibility index (Phi) is 3.73. The zero-order chi connectivity index (χ0) is 13.3. The first kappa shape index (κ1) is 13.1. The van der Waals surface area contributed by atoms with E-state index in [0.29, 0.717) is 12.3 Å². The van der Waals surface area contributed by atoms with Gasteiger partial charge in [-0.15, -0.1) is 0 Å². The zero-order valence-electron chi connectivity index (χ0n) is 11.1. The van der Waals surface area contributed by atoms with E-state index in [2.05, 4.69) is 0 Å². The van der Waals surface area contributed by atoms with E-state index in [1.165, 1.54) is 0 Å². The van der Waals surface area contributed by atoms with Crippen LogP contribution in [0.15, 0.2) is 11.6 Å². The van der Waals surface area contributed by atoms with Crippen molar-refractivity contribution in [1.82, 2.24) is 4.90 Å². The minimum absolute atomic E-state index is 0.128. The lowest BCUT2D eigenvalue weighted by atomic mass is 9.85. The molecule has 1 saturated carbocycles. The molecule has 1 heterocycles. The molecule has 2 fully saturated rings. The molecule has 18 heavy (non-hydrogen) atoms. The fourth-order valence-electron chi connectivity index (χ4n) is 3.32. The van der Waals surface area contributed by atoms with Gasteiger partial charge in [0.05, 0.1) is 0 Å².